The Hall–Kier alpha value is -3.39. The van der Waals surface area contributed by atoms with Crippen LogP contribution in [0, 0.1) is 0 Å². The lowest BCUT2D eigenvalue weighted by Gasteiger charge is -2.18. The Morgan fingerprint density at radius 3 is 2.48 bits per heavy atom. The van der Waals surface area contributed by atoms with Crippen LogP contribution in [0.2, 0.25) is 0 Å². The number of halogens is 1. The number of carbonyl (C=O) groups excluding carboxylic acids is 1. The number of nitrogens with one attached hydrogen (secondary N) is 1. The number of aromatic nitrogens is 3. The first kappa shape index (κ1) is 17.7. The molecule has 0 fully saturated rings. The highest BCUT2D eigenvalue weighted by molar-refractivity contribution is 9.10. The van der Waals surface area contributed by atoms with Crippen molar-refractivity contribution in [2.45, 2.75) is 0 Å². The van der Waals surface area contributed by atoms with Crippen LogP contribution in [0.1, 0.15) is 10.4 Å². The molecular formula is C21H15BrN4O3. The second kappa shape index (κ2) is 7.21. The van der Waals surface area contributed by atoms with Crippen LogP contribution in [0.4, 0.5) is 5.69 Å². The Bertz CT molecular complexity index is 1220. The largest absolute Gasteiger partial charge is 0.486 e. The van der Waals surface area contributed by atoms with Crippen molar-refractivity contribution in [3.8, 4) is 17.2 Å². The van der Waals surface area contributed by atoms with Crippen LogP contribution >= 0.6 is 15.9 Å². The van der Waals surface area contributed by atoms with Gasteiger partial charge in [0.1, 0.15) is 24.2 Å². The molecule has 29 heavy (non-hydrogen) atoms. The minimum Gasteiger partial charge on any atom is -0.486 e. The van der Waals surface area contributed by atoms with E-state index < -0.39 is 0 Å². The summed E-state index contributed by atoms with van der Waals surface area (Å²) in [7, 11) is 0. The van der Waals surface area contributed by atoms with Crippen molar-refractivity contribution in [1.82, 2.24) is 15.0 Å². The van der Waals surface area contributed by atoms with Crippen molar-refractivity contribution in [3.05, 3.63) is 70.7 Å². The second-order valence-electron chi connectivity index (χ2n) is 6.48. The van der Waals surface area contributed by atoms with E-state index in [1.165, 1.54) is 0 Å². The third-order valence-electron chi connectivity index (χ3n) is 4.50. The van der Waals surface area contributed by atoms with Crippen LogP contribution in [-0.4, -0.2) is 34.1 Å². The molecule has 8 heteroatoms. The summed E-state index contributed by atoms with van der Waals surface area (Å²) in [4.78, 5) is 14.2. The number of carbonyl (C=O) groups is 1. The molecule has 1 aromatic heterocycles. The molecule has 5 rings (SSSR count). The number of ether oxygens (including phenoxy) is 2. The number of nitrogens with zero attached hydrogens (tertiary/aromatic N) is 3. The average Bonchev–Trinajstić information content (AvgIpc) is 3.17. The fraction of sp³-hybridized carbons (Fsp3) is 0.0952. The third kappa shape index (κ3) is 3.54. The number of benzene rings is 3. The van der Waals surface area contributed by atoms with Gasteiger partial charge in [-0.15, -0.1) is 10.2 Å². The van der Waals surface area contributed by atoms with Crippen LogP contribution in [0.5, 0.6) is 11.5 Å². The van der Waals surface area contributed by atoms with Gasteiger partial charge >= 0.3 is 0 Å². The lowest BCUT2D eigenvalue weighted by molar-refractivity contribution is 0.102. The molecular weight excluding hydrogens is 436 g/mol. The predicted octanol–water partition coefficient (Wildman–Crippen LogP) is 4.21. The summed E-state index contributed by atoms with van der Waals surface area (Å²) in [6, 6.07) is 18.3. The normalized spacial score (nSPS) is 12.7. The highest BCUT2D eigenvalue weighted by atomic mass is 79.9. The van der Waals surface area contributed by atoms with E-state index in [4.69, 9.17) is 9.47 Å². The summed E-state index contributed by atoms with van der Waals surface area (Å²) in [6.07, 6.45) is 0. The summed E-state index contributed by atoms with van der Waals surface area (Å²) in [5.41, 5.74) is 3.41. The van der Waals surface area contributed by atoms with Crippen LogP contribution in [0.25, 0.3) is 16.7 Å². The van der Waals surface area contributed by atoms with Crippen molar-refractivity contribution in [2.24, 2.45) is 0 Å². The molecule has 1 N–H and O–H groups in total. The minimum atomic E-state index is -0.235. The number of amides is 1. The quantitative estimate of drug-likeness (QED) is 0.505. The van der Waals surface area contributed by atoms with E-state index >= 15 is 0 Å². The molecule has 0 aliphatic carbocycles. The van der Waals surface area contributed by atoms with E-state index in [-0.39, 0.29) is 5.91 Å². The van der Waals surface area contributed by atoms with E-state index in [9.17, 15) is 4.79 Å². The number of fused-ring (bicyclic) bond motifs is 2. The minimum absolute atomic E-state index is 0.235. The fourth-order valence-electron chi connectivity index (χ4n) is 3.07. The van der Waals surface area contributed by atoms with Crippen LogP contribution in [0.3, 0.4) is 0 Å². The molecule has 0 saturated carbocycles. The lowest BCUT2D eigenvalue weighted by atomic mass is 10.1. The Labute approximate surface area is 174 Å². The maximum atomic E-state index is 12.6. The summed E-state index contributed by atoms with van der Waals surface area (Å²) < 4.78 is 12.0. The summed E-state index contributed by atoms with van der Waals surface area (Å²) in [6.45, 7) is 0.988. The van der Waals surface area contributed by atoms with E-state index in [0.717, 1.165) is 15.7 Å². The molecule has 1 aliphatic heterocycles. The number of rotatable bonds is 3. The third-order valence-corrected chi connectivity index (χ3v) is 5.03. The Kier molecular flexibility index (Phi) is 4.40. The lowest BCUT2D eigenvalue weighted by Crippen LogP contribution is -2.17. The Morgan fingerprint density at radius 2 is 1.66 bits per heavy atom. The SMILES string of the molecule is O=C(Nc1ccc2nn(-c3ccc(Br)cc3)nc2c1)c1ccc2c(c1)OCCO2. The van der Waals surface area contributed by atoms with Gasteiger partial charge in [0.15, 0.2) is 11.5 Å². The molecule has 0 atom stereocenters. The molecule has 0 radical (unpaired) electrons. The average molecular weight is 451 g/mol. The van der Waals surface area contributed by atoms with Crippen LogP contribution in [-0.2, 0) is 0 Å². The molecule has 1 amide bonds. The van der Waals surface area contributed by atoms with Gasteiger partial charge in [-0.2, -0.15) is 4.80 Å². The number of hydrogen-bond acceptors (Lipinski definition) is 5. The molecule has 144 valence electrons. The standard InChI is InChI=1S/C21H15BrN4O3/c22-14-2-5-16(6-3-14)26-24-17-7-4-15(12-18(17)25-26)23-21(27)13-1-8-19-20(11-13)29-10-9-28-19/h1-8,11-12H,9-10H2,(H,23,27). The summed E-state index contributed by atoms with van der Waals surface area (Å²) in [5.74, 6) is 0.997. The van der Waals surface area contributed by atoms with Gasteiger partial charge in [-0.1, -0.05) is 15.9 Å². The monoisotopic (exact) mass is 450 g/mol. The van der Waals surface area contributed by atoms with Crippen molar-refractivity contribution < 1.29 is 14.3 Å². The van der Waals surface area contributed by atoms with Crippen LogP contribution < -0.4 is 14.8 Å². The molecule has 0 spiro atoms. The van der Waals surface area contributed by atoms with Gasteiger partial charge in [0, 0.05) is 15.7 Å². The van der Waals surface area contributed by atoms with Gasteiger partial charge in [-0.25, -0.2) is 0 Å². The zero-order valence-corrected chi connectivity index (χ0v) is 16.7. The Balaban J connectivity index is 1.39. The Morgan fingerprint density at radius 1 is 0.897 bits per heavy atom. The smallest absolute Gasteiger partial charge is 0.255 e. The highest BCUT2D eigenvalue weighted by Gasteiger charge is 2.15. The van der Waals surface area contributed by atoms with Crippen LogP contribution in [0.15, 0.2) is 65.1 Å². The van der Waals surface area contributed by atoms with Gasteiger partial charge in [0.25, 0.3) is 5.91 Å². The molecule has 0 unspecified atom stereocenters. The topological polar surface area (TPSA) is 78.3 Å². The van der Waals surface area contributed by atoms with E-state index in [2.05, 4.69) is 31.4 Å². The molecule has 1 aliphatic rings. The van der Waals surface area contributed by atoms with Gasteiger partial charge in [0.2, 0.25) is 0 Å². The van der Waals surface area contributed by atoms with Crippen molar-refractivity contribution in [3.63, 3.8) is 0 Å². The van der Waals surface area contributed by atoms with Gasteiger partial charge in [-0.05, 0) is 60.7 Å². The molecule has 4 aromatic rings. The second-order valence-corrected chi connectivity index (χ2v) is 7.40. The van der Waals surface area contributed by atoms with Gasteiger partial charge in [0.05, 0.1) is 5.69 Å². The molecule has 0 saturated heterocycles. The number of hydrogen-bond donors (Lipinski definition) is 1. The first-order valence-corrected chi connectivity index (χ1v) is 9.79. The van der Waals surface area contributed by atoms with Crippen molar-refractivity contribution in [1.29, 1.82) is 0 Å². The molecule has 3 aromatic carbocycles. The van der Waals surface area contributed by atoms with Crippen molar-refractivity contribution in [2.75, 3.05) is 18.5 Å². The van der Waals surface area contributed by atoms with E-state index in [1.807, 2.05) is 30.3 Å². The maximum Gasteiger partial charge on any atom is 0.255 e. The molecule has 7 nitrogen and oxygen atoms in total. The summed E-state index contributed by atoms with van der Waals surface area (Å²) in [5, 5.41) is 11.9. The number of anilines is 1. The summed E-state index contributed by atoms with van der Waals surface area (Å²) >= 11 is 3.42. The zero-order chi connectivity index (χ0) is 19.8. The van der Waals surface area contributed by atoms with Gasteiger partial charge in [-0.3, -0.25) is 4.79 Å². The highest BCUT2D eigenvalue weighted by Crippen LogP contribution is 2.31. The first-order valence-electron chi connectivity index (χ1n) is 9.00. The maximum absolute atomic E-state index is 12.6. The molecule has 2 heterocycles. The van der Waals surface area contributed by atoms with Crippen molar-refractivity contribution >= 4 is 38.6 Å². The zero-order valence-electron chi connectivity index (χ0n) is 15.1. The fourth-order valence-corrected chi connectivity index (χ4v) is 3.33. The predicted molar refractivity (Wildman–Crippen MR) is 112 cm³/mol. The van der Waals surface area contributed by atoms with E-state index in [1.54, 1.807) is 35.1 Å². The molecule has 0 bridgehead atoms. The van der Waals surface area contributed by atoms with E-state index in [0.29, 0.717) is 41.5 Å². The first-order chi connectivity index (χ1) is 14.2. The van der Waals surface area contributed by atoms with Gasteiger partial charge < -0.3 is 14.8 Å².